The number of nitriles is 1. The molecule has 6 nitrogen and oxygen atoms in total. The normalized spacial score (nSPS) is 10.1. The van der Waals surface area contributed by atoms with Gasteiger partial charge in [0.2, 0.25) is 0 Å². The summed E-state index contributed by atoms with van der Waals surface area (Å²) in [4.78, 5) is 12.0. The van der Waals surface area contributed by atoms with Crippen molar-refractivity contribution in [1.29, 1.82) is 5.26 Å². The Morgan fingerprint density at radius 2 is 2.15 bits per heavy atom. The number of nitrogen functional groups attached to an aromatic ring is 1. The van der Waals surface area contributed by atoms with Crippen LogP contribution in [0.25, 0.3) is 0 Å². The number of rotatable bonds is 8. The highest BCUT2D eigenvalue weighted by Gasteiger charge is 2.22. The first-order valence-corrected chi connectivity index (χ1v) is 7.10. The molecule has 0 bridgehead atoms. The van der Waals surface area contributed by atoms with Crippen LogP contribution in [0.1, 0.15) is 34.5 Å². The van der Waals surface area contributed by atoms with E-state index in [-0.39, 0.29) is 11.3 Å². The van der Waals surface area contributed by atoms with Gasteiger partial charge in [-0.1, -0.05) is 0 Å². The van der Waals surface area contributed by atoms with Crippen molar-refractivity contribution in [2.24, 2.45) is 0 Å². The van der Waals surface area contributed by atoms with Crippen LogP contribution >= 0.6 is 11.3 Å². The quantitative estimate of drug-likeness (QED) is 0.564. The number of nitrogens with one attached hydrogen (secondary N) is 1. The summed E-state index contributed by atoms with van der Waals surface area (Å²) >= 11 is 1.18. The Bertz CT molecular complexity index is 494. The molecule has 20 heavy (non-hydrogen) atoms. The van der Waals surface area contributed by atoms with Crippen LogP contribution < -0.4 is 11.1 Å². The van der Waals surface area contributed by atoms with Gasteiger partial charge in [-0.05, 0) is 19.3 Å². The summed E-state index contributed by atoms with van der Waals surface area (Å²) in [6.07, 6.45) is 2.97. The molecule has 0 aliphatic rings. The van der Waals surface area contributed by atoms with Crippen molar-refractivity contribution in [3.63, 3.8) is 0 Å². The molecule has 1 heterocycles. The lowest BCUT2D eigenvalue weighted by Crippen LogP contribution is -2.09. The molecule has 1 aromatic rings. The van der Waals surface area contributed by atoms with Gasteiger partial charge >= 0.3 is 5.97 Å². The van der Waals surface area contributed by atoms with Crippen LogP contribution in [0, 0.1) is 11.3 Å². The zero-order valence-electron chi connectivity index (χ0n) is 11.7. The molecule has 0 spiro atoms. The van der Waals surface area contributed by atoms with Crippen molar-refractivity contribution in [2.75, 3.05) is 38.4 Å². The van der Waals surface area contributed by atoms with Gasteiger partial charge in [0.15, 0.2) is 0 Å². The maximum atomic E-state index is 11.7. The van der Waals surface area contributed by atoms with Crippen molar-refractivity contribution in [1.82, 2.24) is 0 Å². The highest BCUT2D eigenvalue weighted by atomic mass is 32.1. The number of nitrogens with two attached hydrogens (primary N) is 1. The van der Waals surface area contributed by atoms with Gasteiger partial charge in [0.1, 0.15) is 21.5 Å². The second kappa shape index (κ2) is 8.40. The summed E-state index contributed by atoms with van der Waals surface area (Å²) in [5, 5.41) is 12.7. The van der Waals surface area contributed by atoms with Crippen LogP contribution in [0.5, 0.6) is 0 Å². The van der Waals surface area contributed by atoms with E-state index in [1.54, 1.807) is 7.11 Å². The van der Waals surface area contributed by atoms with E-state index in [1.807, 2.05) is 6.07 Å². The number of hydrogen-bond donors (Lipinski definition) is 2. The van der Waals surface area contributed by atoms with Crippen molar-refractivity contribution in [3.05, 3.63) is 10.4 Å². The summed E-state index contributed by atoms with van der Waals surface area (Å²) in [6, 6.07) is 1.98. The van der Waals surface area contributed by atoms with Crippen LogP contribution in [-0.4, -0.2) is 33.3 Å². The summed E-state index contributed by atoms with van der Waals surface area (Å²) < 4.78 is 9.67. The van der Waals surface area contributed by atoms with E-state index in [4.69, 9.17) is 20.5 Å². The predicted molar refractivity (Wildman–Crippen MR) is 79.0 cm³/mol. The smallest absolute Gasteiger partial charge is 0.343 e. The van der Waals surface area contributed by atoms with E-state index in [1.165, 1.54) is 18.4 Å². The first-order chi connectivity index (χ1) is 9.65. The molecule has 0 amide bonds. The molecular formula is C13H19N3O3S. The number of thiophene rings is 1. The largest absolute Gasteiger partial charge is 0.465 e. The Morgan fingerprint density at radius 3 is 2.75 bits per heavy atom. The van der Waals surface area contributed by atoms with Crippen LogP contribution in [0.2, 0.25) is 0 Å². The monoisotopic (exact) mass is 297 g/mol. The average Bonchev–Trinajstić information content (AvgIpc) is 2.78. The minimum atomic E-state index is -0.526. The fourth-order valence-electron chi connectivity index (χ4n) is 1.71. The van der Waals surface area contributed by atoms with E-state index in [0.717, 1.165) is 25.9 Å². The molecule has 0 fully saturated rings. The summed E-state index contributed by atoms with van der Waals surface area (Å²) in [6.45, 7) is 1.45. The Labute approximate surface area is 122 Å². The maximum Gasteiger partial charge on any atom is 0.343 e. The fourth-order valence-corrected chi connectivity index (χ4v) is 2.64. The number of ether oxygens (including phenoxy) is 2. The van der Waals surface area contributed by atoms with E-state index in [0.29, 0.717) is 16.4 Å². The van der Waals surface area contributed by atoms with Crippen LogP contribution in [0.15, 0.2) is 0 Å². The molecule has 0 aromatic carbocycles. The number of hydrogen-bond acceptors (Lipinski definition) is 7. The highest BCUT2D eigenvalue weighted by molar-refractivity contribution is 7.17. The fraction of sp³-hybridized carbons (Fsp3) is 0.538. The minimum absolute atomic E-state index is 0.186. The van der Waals surface area contributed by atoms with Gasteiger partial charge in [-0.25, -0.2) is 4.79 Å². The first-order valence-electron chi connectivity index (χ1n) is 6.29. The lowest BCUT2D eigenvalue weighted by atomic mass is 10.2. The SMILES string of the molecule is COCCCCCNc1sc(C#N)c(N)c1C(=O)OC. The van der Waals surface area contributed by atoms with Gasteiger partial charge in [-0.2, -0.15) is 5.26 Å². The lowest BCUT2D eigenvalue weighted by Gasteiger charge is -2.06. The molecule has 0 aliphatic carbocycles. The Kier molecular flexibility index (Phi) is 6.84. The van der Waals surface area contributed by atoms with Gasteiger partial charge < -0.3 is 20.5 Å². The molecule has 0 aliphatic heterocycles. The van der Waals surface area contributed by atoms with E-state index in [9.17, 15) is 4.79 Å². The number of nitrogens with zero attached hydrogens (tertiary/aromatic N) is 1. The van der Waals surface area contributed by atoms with E-state index in [2.05, 4.69) is 5.32 Å². The second-order valence-corrected chi connectivity index (χ2v) is 5.15. The third kappa shape index (κ3) is 4.11. The summed E-state index contributed by atoms with van der Waals surface area (Å²) in [7, 11) is 2.97. The van der Waals surface area contributed by atoms with Crippen molar-refractivity contribution < 1.29 is 14.3 Å². The number of anilines is 2. The van der Waals surface area contributed by atoms with E-state index < -0.39 is 5.97 Å². The molecule has 0 atom stereocenters. The molecule has 0 radical (unpaired) electrons. The van der Waals surface area contributed by atoms with Gasteiger partial charge in [-0.15, -0.1) is 11.3 Å². The van der Waals surface area contributed by atoms with Gasteiger partial charge in [0.25, 0.3) is 0 Å². The van der Waals surface area contributed by atoms with Gasteiger partial charge in [0.05, 0.1) is 12.8 Å². The zero-order chi connectivity index (χ0) is 15.0. The maximum absolute atomic E-state index is 11.7. The van der Waals surface area contributed by atoms with Crippen LogP contribution in [0.3, 0.4) is 0 Å². The van der Waals surface area contributed by atoms with Crippen molar-refractivity contribution in [2.45, 2.75) is 19.3 Å². The molecule has 1 rings (SSSR count). The molecular weight excluding hydrogens is 278 g/mol. The minimum Gasteiger partial charge on any atom is -0.465 e. The molecule has 1 aromatic heterocycles. The van der Waals surface area contributed by atoms with E-state index >= 15 is 0 Å². The lowest BCUT2D eigenvalue weighted by molar-refractivity contribution is 0.0603. The average molecular weight is 297 g/mol. The second-order valence-electron chi connectivity index (χ2n) is 4.13. The van der Waals surface area contributed by atoms with Crippen molar-refractivity contribution in [3.8, 4) is 6.07 Å². The zero-order valence-corrected chi connectivity index (χ0v) is 12.5. The standard InChI is InChI=1S/C13H19N3O3S/c1-18-7-5-3-4-6-16-12-10(13(17)19-2)11(15)9(8-14)20-12/h16H,3-7,15H2,1-2H3. The Hall–Kier alpha value is -1.78. The van der Waals surface area contributed by atoms with Crippen LogP contribution in [0.4, 0.5) is 10.7 Å². The van der Waals surface area contributed by atoms with Gasteiger partial charge in [0, 0.05) is 20.3 Å². The van der Waals surface area contributed by atoms with Gasteiger partial charge in [-0.3, -0.25) is 0 Å². The molecule has 7 heteroatoms. The third-order valence-electron chi connectivity index (χ3n) is 2.75. The topological polar surface area (TPSA) is 97.4 Å². The number of esters is 1. The number of carbonyl (C=O) groups is 1. The molecule has 3 N–H and O–H groups in total. The van der Waals surface area contributed by atoms with Crippen molar-refractivity contribution >= 4 is 28.0 Å². The third-order valence-corrected chi connectivity index (χ3v) is 3.81. The number of unbranched alkanes of at least 4 members (excludes halogenated alkanes) is 2. The molecule has 0 saturated heterocycles. The number of methoxy groups -OCH3 is 2. The van der Waals surface area contributed by atoms with Crippen LogP contribution in [-0.2, 0) is 9.47 Å². The Morgan fingerprint density at radius 1 is 1.40 bits per heavy atom. The first kappa shape index (κ1) is 16.3. The molecule has 0 saturated carbocycles. The summed E-state index contributed by atoms with van der Waals surface area (Å²) in [5.41, 5.74) is 6.23. The molecule has 110 valence electrons. The number of carbonyl (C=O) groups excluding carboxylic acids is 1. The summed E-state index contributed by atoms with van der Waals surface area (Å²) in [5.74, 6) is -0.526. The Balaban J connectivity index is 2.65. The predicted octanol–water partition coefficient (Wildman–Crippen LogP) is 2.22. The molecule has 0 unspecified atom stereocenters. The highest BCUT2D eigenvalue weighted by Crippen LogP contribution is 2.35.